The third-order valence-electron chi connectivity index (χ3n) is 5.03. The molecule has 2 aliphatic heterocycles. The maximum absolute atomic E-state index is 13.9. The molecule has 0 unspecified atom stereocenters. The van der Waals surface area contributed by atoms with Crippen molar-refractivity contribution in [3.8, 4) is 0 Å². The number of nitrogens with one attached hydrogen (secondary N) is 1. The Morgan fingerprint density at radius 2 is 2.25 bits per heavy atom. The van der Waals surface area contributed by atoms with Crippen molar-refractivity contribution in [3.63, 3.8) is 0 Å². The number of anilines is 1. The first-order valence-electron chi connectivity index (χ1n) is 8.66. The van der Waals surface area contributed by atoms with Gasteiger partial charge in [-0.25, -0.2) is 9.18 Å². The van der Waals surface area contributed by atoms with E-state index in [1.54, 1.807) is 17.0 Å². The lowest BCUT2D eigenvalue weighted by molar-refractivity contribution is -0.136. The van der Waals surface area contributed by atoms with Gasteiger partial charge < -0.3 is 19.7 Å². The highest BCUT2D eigenvalue weighted by Crippen LogP contribution is 2.42. The van der Waals surface area contributed by atoms with Crippen molar-refractivity contribution in [1.29, 1.82) is 0 Å². The van der Waals surface area contributed by atoms with E-state index in [-0.39, 0.29) is 23.6 Å². The van der Waals surface area contributed by atoms with Gasteiger partial charge in [-0.3, -0.25) is 0 Å². The summed E-state index contributed by atoms with van der Waals surface area (Å²) < 4.78 is 25.4. The Hall–Kier alpha value is -1.66. The molecule has 1 aromatic carbocycles. The van der Waals surface area contributed by atoms with Gasteiger partial charge in [0, 0.05) is 25.3 Å². The summed E-state index contributed by atoms with van der Waals surface area (Å²) in [4.78, 5) is 14.4. The van der Waals surface area contributed by atoms with Gasteiger partial charge in [-0.2, -0.15) is 0 Å². The highest BCUT2D eigenvalue weighted by molar-refractivity contribution is 5.89. The molecule has 2 saturated heterocycles. The minimum atomic E-state index is -0.378. The predicted molar refractivity (Wildman–Crippen MR) is 87.7 cm³/mol. The monoisotopic (exact) mass is 334 g/mol. The van der Waals surface area contributed by atoms with E-state index < -0.39 is 0 Å². The number of nitrogens with zero attached hydrogens (tertiary/aromatic N) is 1. The van der Waals surface area contributed by atoms with Crippen LogP contribution in [-0.4, -0.2) is 48.9 Å². The second-order valence-corrected chi connectivity index (χ2v) is 7.24. The first-order chi connectivity index (χ1) is 11.5. The number of hydrogen-bond acceptors (Lipinski definition) is 3. The minimum Gasteiger partial charge on any atom is -0.378 e. The Morgan fingerprint density at radius 3 is 2.96 bits per heavy atom. The van der Waals surface area contributed by atoms with Crippen LogP contribution < -0.4 is 5.32 Å². The first kappa shape index (κ1) is 15.8. The third-order valence-corrected chi connectivity index (χ3v) is 5.03. The Morgan fingerprint density at radius 1 is 1.42 bits per heavy atom. The van der Waals surface area contributed by atoms with Crippen LogP contribution in [0.4, 0.5) is 14.9 Å². The summed E-state index contributed by atoms with van der Waals surface area (Å²) in [5, 5.41) is 2.91. The molecule has 1 N–H and O–H groups in total. The van der Waals surface area contributed by atoms with Crippen molar-refractivity contribution >= 4 is 11.7 Å². The normalized spacial score (nSPS) is 29.9. The zero-order valence-electron chi connectivity index (χ0n) is 13.9. The molecule has 130 valence electrons. The lowest BCUT2D eigenvalue weighted by atomic mass is 9.99. The maximum atomic E-state index is 13.9. The van der Waals surface area contributed by atoms with Crippen LogP contribution in [-0.2, 0) is 9.47 Å². The summed E-state index contributed by atoms with van der Waals surface area (Å²) in [6, 6.07) is 4.67. The number of carbonyl (C=O) groups excluding carboxylic acids is 1. The van der Waals surface area contributed by atoms with Crippen molar-refractivity contribution in [2.75, 3.05) is 31.6 Å². The molecule has 6 heteroatoms. The zero-order chi connectivity index (χ0) is 16.7. The molecule has 4 rings (SSSR count). The molecular formula is C18H23FN2O3. The van der Waals surface area contributed by atoms with Crippen molar-refractivity contribution < 1.29 is 18.7 Å². The third kappa shape index (κ3) is 3.13. The van der Waals surface area contributed by atoms with E-state index in [4.69, 9.17) is 9.47 Å². The fourth-order valence-electron chi connectivity index (χ4n) is 3.72. The van der Waals surface area contributed by atoms with Gasteiger partial charge in [0.05, 0.1) is 19.3 Å². The van der Waals surface area contributed by atoms with Crippen LogP contribution in [0.1, 0.15) is 37.7 Å². The first-order valence-corrected chi connectivity index (χ1v) is 8.66. The second kappa shape index (κ2) is 6.01. The molecule has 3 fully saturated rings. The number of amides is 2. The summed E-state index contributed by atoms with van der Waals surface area (Å²) in [6.45, 7) is 4.25. The Labute approximate surface area is 141 Å². The average Bonchev–Trinajstić information content (AvgIpc) is 3.30. The van der Waals surface area contributed by atoms with Gasteiger partial charge in [0.15, 0.2) is 0 Å². The van der Waals surface area contributed by atoms with Gasteiger partial charge in [-0.15, -0.1) is 0 Å². The number of halogens is 1. The molecule has 0 radical (unpaired) electrons. The molecular weight excluding hydrogens is 311 g/mol. The number of morpholine rings is 1. The molecule has 1 aliphatic carbocycles. The maximum Gasteiger partial charge on any atom is 0.322 e. The van der Waals surface area contributed by atoms with Crippen molar-refractivity contribution in [2.45, 2.75) is 43.8 Å². The SMILES string of the molecule is C[C@H]1CN(C(=O)Nc2ccc(F)c(C3CC3)c2)C[C@]2(CCOC2)O1. The van der Waals surface area contributed by atoms with Crippen molar-refractivity contribution in [3.05, 3.63) is 29.6 Å². The summed E-state index contributed by atoms with van der Waals surface area (Å²) >= 11 is 0. The highest BCUT2D eigenvalue weighted by atomic mass is 19.1. The second-order valence-electron chi connectivity index (χ2n) is 7.24. The predicted octanol–water partition coefficient (Wildman–Crippen LogP) is 3.11. The van der Waals surface area contributed by atoms with E-state index in [9.17, 15) is 9.18 Å². The summed E-state index contributed by atoms with van der Waals surface area (Å²) in [5.74, 6) is 0.127. The summed E-state index contributed by atoms with van der Waals surface area (Å²) in [7, 11) is 0. The lowest BCUT2D eigenvalue weighted by Crippen LogP contribution is -2.57. The largest absolute Gasteiger partial charge is 0.378 e. The topological polar surface area (TPSA) is 50.8 Å². The van der Waals surface area contributed by atoms with E-state index in [0.717, 1.165) is 19.3 Å². The minimum absolute atomic E-state index is 0.0264. The Balaban J connectivity index is 1.46. The van der Waals surface area contributed by atoms with Crippen molar-refractivity contribution in [2.24, 2.45) is 0 Å². The Kier molecular flexibility index (Phi) is 3.96. The molecule has 2 heterocycles. The Bertz CT molecular complexity index is 641. The van der Waals surface area contributed by atoms with Crippen LogP contribution in [0.5, 0.6) is 0 Å². The van der Waals surface area contributed by atoms with E-state index in [2.05, 4.69) is 5.32 Å². The molecule has 1 aromatic rings. The molecule has 2 amide bonds. The van der Waals surface area contributed by atoms with E-state index in [0.29, 0.717) is 43.5 Å². The standard InChI is InChI=1S/C18H23FN2O3/c1-12-9-21(10-18(24-12)6-7-23-11-18)17(22)20-14-4-5-16(19)15(8-14)13-2-3-13/h4-5,8,12-13H,2-3,6-7,9-11H2,1H3,(H,20,22)/t12-,18-/m0/s1. The number of urea groups is 1. The van der Waals surface area contributed by atoms with Gasteiger partial charge in [0.1, 0.15) is 11.4 Å². The van der Waals surface area contributed by atoms with E-state index in [1.165, 1.54) is 6.07 Å². The summed E-state index contributed by atoms with van der Waals surface area (Å²) in [6.07, 6.45) is 2.83. The number of carbonyl (C=O) groups is 1. The molecule has 3 aliphatic rings. The van der Waals surface area contributed by atoms with Crippen LogP contribution in [0.25, 0.3) is 0 Å². The quantitative estimate of drug-likeness (QED) is 0.904. The van der Waals surface area contributed by atoms with E-state index in [1.807, 2.05) is 6.92 Å². The fourth-order valence-corrected chi connectivity index (χ4v) is 3.72. The van der Waals surface area contributed by atoms with Crippen LogP contribution in [0.15, 0.2) is 18.2 Å². The van der Waals surface area contributed by atoms with Crippen molar-refractivity contribution in [1.82, 2.24) is 4.90 Å². The van der Waals surface area contributed by atoms with Crippen LogP contribution in [0.3, 0.4) is 0 Å². The molecule has 24 heavy (non-hydrogen) atoms. The molecule has 5 nitrogen and oxygen atoms in total. The highest BCUT2D eigenvalue weighted by Gasteiger charge is 2.44. The number of rotatable bonds is 2. The number of hydrogen-bond donors (Lipinski definition) is 1. The van der Waals surface area contributed by atoms with E-state index >= 15 is 0 Å². The van der Waals surface area contributed by atoms with Gasteiger partial charge in [-0.05, 0) is 49.4 Å². The molecule has 1 saturated carbocycles. The van der Waals surface area contributed by atoms with Gasteiger partial charge in [0.2, 0.25) is 0 Å². The molecule has 1 spiro atoms. The molecule has 0 bridgehead atoms. The average molecular weight is 334 g/mol. The zero-order valence-corrected chi connectivity index (χ0v) is 13.9. The summed E-state index contributed by atoms with van der Waals surface area (Å²) in [5.41, 5.74) is 0.986. The van der Waals surface area contributed by atoms with Gasteiger partial charge >= 0.3 is 6.03 Å². The van der Waals surface area contributed by atoms with Gasteiger partial charge in [-0.1, -0.05) is 0 Å². The van der Waals surface area contributed by atoms with Gasteiger partial charge in [0.25, 0.3) is 0 Å². The lowest BCUT2D eigenvalue weighted by Gasteiger charge is -2.42. The molecule has 2 atom stereocenters. The smallest absolute Gasteiger partial charge is 0.322 e. The van der Waals surface area contributed by atoms with Crippen LogP contribution in [0, 0.1) is 5.82 Å². The molecule has 0 aromatic heterocycles. The van der Waals surface area contributed by atoms with Crippen LogP contribution >= 0.6 is 0 Å². The number of benzene rings is 1. The van der Waals surface area contributed by atoms with Crippen LogP contribution in [0.2, 0.25) is 0 Å². The fraction of sp³-hybridized carbons (Fsp3) is 0.611. The number of ether oxygens (including phenoxy) is 2.